The van der Waals surface area contributed by atoms with Gasteiger partial charge < -0.3 is 5.11 Å². The molecule has 8 nitrogen and oxygen atoms in total. The lowest BCUT2D eigenvalue weighted by atomic mass is 9.86. The highest BCUT2D eigenvalue weighted by Gasteiger charge is 2.42. The van der Waals surface area contributed by atoms with E-state index >= 15 is 0 Å². The number of nitro benzene ring substituents is 1. The molecule has 2 atom stereocenters. The molecule has 1 N–H and O–H groups in total. The summed E-state index contributed by atoms with van der Waals surface area (Å²) in [4.78, 5) is 15.8. The Labute approximate surface area is 169 Å². The molecule has 1 aliphatic rings. The van der Waals surface area contributed by atoms with Crippen molar-refractivity contribution in [2.45, 2.75) is 49.6 Å². The van der Waals surface area contributed by atoms with Crippen LogP contribution < -0.4 is 0 Å². The van der Waals surface area contributed by atoms with Crippen molar-refractivity contribution < 1.29 is 23.3 Å². The zero-order valence-corrected chi connectivity index (χ0v) is 17.3. The Bertz CT molecular complexity index is 981. The molecule has 0 bridgehead atoms. The van der Waals surface area contributed by atoms with Gasteiger partial charge in [-0.1, -0.05) is 49.5 Å². The number of hydrogen-bond acceptors (Lipinski definition) is 6. The third-order valence-corrected chi connectivity index (χ3v) is 6.68. The number of hydrogen-bond donors (Lipinski definition) is 1. The topological polar surface area (TPSA) is 110 Å². The molecule has 9 heteroatoms. The Balaban J connectivity index is 1.85. The molecule has 0 saturated carbocycles. The molecule has 0 amide bonds. The number of benzene rings is 2. The number of nitrogens with zero attached hydrogens (tertiary/aromatic N) is 2. The molecule has 1 fully saturated rings. The van der Waals surface area contributed by atoms with E-state index in [2.05, 4.69) is 20.8 Å². The van der Waals surface area contributed by atoms with Crippen LogP contribution in [0, 0.1) is 10.1 Å². The number of nitro groups is 1. The van der Waals surface area contributed by atoms with Crippen molar-refractivity contribution in [3.8, 4) is 0 Å². The summed E-state index contributed by atoms with van der Waals surface area (Å²) in [5.74, 6) is 0. The average Bonchev–Trinajstić information content (AvgIpc) is 3.13. The van der Waals surface area contributed by atoms with Gasteiger partial charge in [-0.25, -0.2) is 8.42 Å². The summed E-state index contributed by atoms with van der Waals surface area (Å²) >= 11 is 0. The molecule has 2 aromatic rings. The second kappa shape index (κ2) is 7.83. The molecule has 3 rings (SSSR count). The van der Waals surface area contributed by atoms with Gasteiger partial charge in [0.05, 0.1) is 22.5 Å². The monoisotopic (exact) mass is 420 g/mol. The van der Waals surface area contributed by atoms with Crippen LogP contribution in [-0.2, 0) is 20.3 Å². The first kappa shape index (κ1) is 21.4. The van der Waals surface area contributed by atoms with Gasteiger partial charge in [-0.2, -0.15) is 0 Å². The Morgan fingerprint density at radius 3 is 2.21 bits per heavy atom. The predicted octanol–water partition coefficient (Wildman–Crippen LogP) is 3.32. The van der Waals surface area contributed by atoms with E-state index in [1.807, 2.05) is 24.3 Å². The van der Waals surface area contributed by atoms with Gasteiger partial charge in [0.1, 0.15) is 6.10 Å². The fraction of sp³-hybridized carbons (Fsp3) is 0.400. The Morgan fingerprint density at radius 1 is 1.14 bits per heavy atom. The lowest BCUT2D eigenvalue weighted by molar-refractivity contribution is -0.384. The van der Waals surface area contributed by atoms with E-state index in [4.69, 9.17) is 4.84 Å². The minimum Gasteiger partial charge on any atom is -0.395 e. The van der Waals surface area contributed by atoms with Crippen molar-refractivity contribution in [1.82, 2.24) is 4.47 Å². The largest absolute Gasteiger partial charge is 0.395 e. The second-order valence-corrected chi connectivity index (χ2v) is 9.83. The SMILES string of the molecule is CC(C)(C)c1ccc([C@@H]2C[C@H](CO)N(S(=O)(=O)c3ccc([N+](=O)[O-])cc3)O2)cc1. The van der Waals surface area contributed by atoms with Crippen LogP contribution >= 0.6 is 0 Å². The van der Waals surface area contributed by atoms with Crippen molar-refractivity contribution in [2.24, 2.45) is 0 Å². The molecule has 0 aliphatic carbocycles. The minimum atomic E-state index is -4.09. The average molecular weight is 420 g/mol. The molecular weight excluding hydrogens is 396 g/mol. The zero-order valence-electron chi connectivity index (χ0n) is 16.5. The quantitative estimate of drug-likeness (QED) is 0.587. The highest BCUT2D eigenvalue weighted by Crippen LogP contribution is 2.37. The molecule has 1 heterocycles. The molecule has 29 heavy (non-hydrogen) atoms. The van der Waals surface area contributed by atoms with E-state index in [1.54, 1.807) is 0 Å². The lowest BCUT2D eigenvalue weighted by Gasteiger charge is -2.21. The van der Waals surface area contributed by atoms with Gasteiger partial charge in [0, 0.05) is 18.6 Å². The van der Waals surface area contributed by atoms with Gasteiger partial charge >= 0.3 is 0 Å². The number of hydroxylamine groups is 1. The normalized spacial score (nSPS) is 20.7. The van der Waals surface area contributed by atoms with E-state index < -0.39 is 33.7 Å². The van der Waals surface area contributed by atoms with Crippen molar-refractivity contribution in [2.75, 3.05) is 6.61 Å². The van der Waals surface area contributed by atoms with Gasteiger partial charge in [-0.15, -0.1) is 0 Å². The fourth-order valence-electron chi connectivity index (χ4n) is 3.22. The van der Waals surface area contributed by atoms with Crippen LogP contribution in [0.2, 0.25) is 0 Å². The van der Waals surface area contributed by atoms with E-state index in [-0.39, 0.29) is 16.0 Å². The van der Waals surface area contributed by atoms with Gasteiger partial charge in [0.15, 0.2) is 0 Å². The Kier molecular flexibility index (Phi) is 5.77. The minimum absolute atomic E-state index is 0.00596. The standard InChI is InChI=1S/C20H24N2O6S/c1-20(2,3)15-6-4-14(5-7-15)19-12-17(13-23)22(28-19)29(26,27)18-10-8-16(9-11-18)21(24)25/h4-11,17,19,23H,12-13H2,1-3H3/t17-,19+/m1/s1. The third-order valence-electron chi connectivity index (χ3n) is 4.96. The summed E-state index contributed by atoms with van der Waals surface area (Å²) in [6.07, 6.45) is -0.216. The van der Waals surface area contributed by atoms with E-state index in [9.17, 15) is 23.6 Å². The molecule has 0 unspecified atom stereocenters. The number of sulfonamides is 1. The van der Waals surface area contributed by atoms with Crippen molar-refractivity contribution >= 4 is 15.7 Å². The fourth-order valence-corrected chi connectivity index (χ4v) is 4.67. The maximum atomic E-state index is 13.0. The van der Waals surface area contributed by atoms with Gasteiger partial charge in [-0.05, 0) is 28.7 Å². The smallest absolute Gasteiger partial charge is 0.269 e. The van der Waals surface area contributed by atoms with Gasteiger partial charge in [0.25, 0.3) is 15.7 Å². The molecule has 156 valence electrons. The first-order chi connectivity index (χ1) is 13.5. The molecule has 1 aliphatic heterocycles. The van der Waals surface area contributed by atoms with Crippen LogP contribution in [0.5, 0.6) is 0 Å². The molecule has 0 spiro atoms. The highest BCUT2D eigenvalue weighted by molar-refractivity contribution is 7.89. The summed E-state index contributed by atoms with van der Waals surface area (Å²) in [5.41, 5.74) is 1.75. The van der Waals surface area contributed by atoms with Crippen molar-refractivity contribution in [3.63, 3.8) is 0 Å². The van der Waals surface area contributed by atoms with Gasteiger partial charge in [0.2, 0.25) is 0 Å². The van der Waals surface area contributed by atoms with Crippen LogP contribution in [-0.4, -0.2) is 35.6 Å². The molecular formula is C20H24N2O6S. The van der Waals surface area contributed by atoms with Crippen LogP contribution in [0.1, 0.15) is 44.4 Å². The third kappa shape index (κ3) is 4.32. The summed E-state index contributed by atoms with van der Waals surface area (Å²) in [6, 6.07) is 11.6. The Morgan fingerprint density at radius 2 is 1.72 bits per heavy atom. The van der Waals surface area contributed by atoms with E-state index in [0.717, 1.165) is 39.9 Å². The number of aliphatic hydroxyl groups excluding tert-OH is 1. The summed E-state index contributed by atoms with van der Waals surface area (Å²) in [5, 5.41) is 20.5. The van der Waals surface area contributed by atoms with Gasteiger partial charge in [-0.3, -0.25) is 15.0 Å². The molecule has 1 saturated heterocycles. The maximum Gasteiger partial charge on any atom is 0.269 e. The second-order valence-electron chi connectivity index (χ2n) is 8.05. The number of aliphatic hydroxyl groups is 1. The first-order valence-corrected chi connectivity index (χ1v) is 10.6. The summed E-state index contributed by atoms with van der Waals surface area (Å²) in [6.45, 7) is 5.92. The van der Waals surface area contributed by atoms with Crippen LogP contribution in [0.15, 0.2) is 53.4 Å². The zero-order chi connectivity index (χ0) is 21.4. The van der Waals surface area contributed by atoms with E-state index in [0.29, 0.717) is 6.42 Å². The maximum absolute atomic E-state index is 13.0. The number of non-ortho nitro benzene ring substituents is 1. The first-order valence-electron chi connectivity index (χ1n) is 9.21. The van der Waals surface area contributed by atoms with Crippen LogP contribution in [0.3, 0.4) is 0 Å². The van der Waals surface area contributed by atoms with Crippen molar-refractivity contribution in [1.29, 1.82) is 0 Å². The summed E-state index contributed by atoms with van der Waals surface area (Å²) in [7, 11) is -4.09. The number of rotatable bonds is 5. The predicted molar refractivity (Wildman–Crippen MR) is 107 cm³/mol. The molecule has 0 radical (unpaired) electrons. The highest BCUT2D eigenvalue weighted by atomic mass is 32.2. The summed E-state index contributed by atoms with van der Waals surface area (Å²) < 4.78 is 26.8. The Hall–Kier alpha value is -2.33. The van der Waals surface area contributed by atoms with Crippen LogP contribution in [0.25, 0.3) is 0 Å². The molecule has 2 aromatic carbocycles. The van der Waals surface area contributed by atoms with Crippen LogP contribution in [0.4, 0.5) is 5.69 Å². The van der Waals surface area contributed by atoms with Crippen molar-refractivity contribution in [3.05, 3.63) is 69.8 Å². The molecule has 0 aromatic heterocycles. The lowest BCUT2D eigenvalue weighted by Crippen LogP contribution is -2.36. The van der Waals surface area contributed by atoms with E-state index in [1.165, 1.54) is 0 Å².